The fourth-order valence-corrected chi connectivity index (χ4v) is 5.00. The minimum Gasteiger partial charge on any atom is -0.473 e. The van der Waals surface area contributed by atoms with Crippen molar-refractivity contribution in [3.8, 4) is 0 Å². The van der Waals surface area contributed by atoms with Crippen LogP contribution in [-0.4, -0.2) is 83.2 Å². The zero-order chi connectivity index (χ0) is 25.5. The van der Waals surface area contributed by atoms with Gasteiger partial charge in [-0.2, -0.15) is 0 Å². The number of piperidine rings is 1. The van der Waals surface area contributed by atoms with E-state index in [1.165, 1.54) is 5.69 Å². The number of rotatable bonds is 3. The summed E-state index contributed by atoms with van der Waals surface area (Å²) >= 11 is 0. The predicted octanol–water partition coefficient (Wildman–Crippen LogP) is 3.42. The molecule has 8 heteroatoms. The normalized spacial score (nSPS) is 16.8. The Morgan fingerprint density at radius 1 is 0.667 bits per heavy atom. The van der Waals surface area contributed by atoms with Crippen LogP contribution in [-0.2, 0) is 9.59 Å². The molecule has 3 aromatic carbocycles. The third-order valence-electron chi connectivity index (χ3n) is 6.91. The summed E-state index contributed by atoms with van der Waals surface area (Å²) in [5.41, 5.74) is 2.16. The van der Waals surface area contributed by atoms with Crippen molar-refractivity contribution >= 4 is 34.3 Å². The lowest BCUT2D eigenvalue weighted by molar-refractivity contribution is -0.159. The van der Waals surface area contributed by atoms with Crippen LogP contribution in [0.3, 0.4) is 0 Å². The van der Waals surface area contributed by atoms with Gasteiger partial charge in [-0.1, -0.05) is 54.6 Å². The quantitative estimate of drug-likeness (QED) is 0.544. The number of carboxylic acids is 2. The number of amides is 1. The lowest BCUT2D eigenvalue weighted by Gasteiger charge is -2.43. The summed E-state index contributed by atoms with van der Waals surface area (Å²) in [5.74, 6) is -3.47. The van der Waals surface area contributed by atoms with Crippen molar-refractivity contribution in [2.75, 3.05) is 44.2 Å². The van der Waals surface area contributed by atoms with Gasteiger partial charge in [-0.05, 0) is 41.8 Å². The van der Waals surface area contributed by atoms with Crippen molar-refractivity contribution in [1.29, 1.82) is 0 Å². The number of para-hydroxylation sites is 1. The first kappa shape index (κ1) is 25.2. The minimum absolute atomic E-state index is 0.180. The molecule has 36 heavy (non-hydrogen) atoms. The summed E-state index contributed by atoms with van der Waals surface area (Å²) < 4.78 is 0. The number of carbonyl (C=O) groups excluding carboxylic acids is 1. The van der Waals surface area contributed by atoms with Gasteiger partial charge in [-0.25, -0.2) is 9.59 Å². The first-order valence-electron chi connectivity index (χ1n) is 12.2. The molecule has 8 nitrogen and oxygen atoms in total. The number of likely N-dealkylation sites (tertiary alicyclic amines) is 1. The van der Waals surface area contributed by atoms with Gasteiger partial charge in [0.1, 0.15) is 0 Å². The lowest BCUT2D eigenvalue weighted by atomic mass is 9.99. The molecule has 2 heterocycles. The first-order valence-corrected chi connectivity index (χ1v) is 12.2. The molecular formula is C28H31N3O5. The van der Waals surface area contributed by atoms with E-state index >= 15 is 0 Å². The molecule has 2 saturated heterocycles. The molecule has 2 aliphatic rings. The smallest absolute Gasteiger partial charge is 0.414 e. The monoisotopic (exact) mass is 489 g/mol. The summed E-state index contributed by atoms with van der Waals surface area (Å²) in [6, 6.07) is 25.5. The van der Waals surface area contributed by atoms with Crippen LogP contribution in [0.5, 0.6) is 0 Å². The average Bonchev–Trinajstić information content (AvgIpc) is 2.93. The first-order chi connectivity index (χ1) is 17.4. The molecule has 0 saturated carbocycles. The topological polar surface area (TPSA) is 101 Å². The molecule has 0 atom stereocenters. The van der Waals surface area contributed by atoms with E-state index in [4.69, 9.17) is 19.8 Å². The van der Waals surface area contributed by atoms with E-state index < -0.39 is 11.9 Å². The summed E-state index contributed by atoms with van der Waals surface area (Å²) in [6.07, 6.45) is 2.14. The van der Waals surface area contributed by atoms with Gasteiger partial charge >= 0.3 is 11.9 Å². The highest BCUT2D eigenvalue weighted by Gasteiger charge is 2.29. The van der Waals surface area contributed by atoms with E-state index in [0.29, 0.717) is 6.04 Å². The van der Waals surface area contributed by atoms with Crippen molar-refractivity contribution in [2.24, 2.45) is 0 Å². The SMILES string of the molecule is O=C(O)C(=O)O.O=C(c1cccc2ccccc12)N1CCC(N2CCN(c3ccccc3)CC2)CC1. The van der Waals surface area contributed by atoms with Gasteiger partial charge in [0.15, 0.2) is 0 Å². The molecule has 0 unspecified atom stereocenters. The van der Waals surface area contributed by atoms with Crippen molar-refractivity contribution in [2.45, 2.75) is 18.9 Å². The second-order valence-electron chi connectivity index (χ2n) is 9.02. The van der Waals surface area contributed by atoms with Gasteiger partial charge in [0.2, 0.25) is 0 Å². The van der Waals surface area contributed by atoms with Crippen LogP contribution in [0.15, 0.2) is 72.8 Å². The molecule has 5 rings (SSSR count). The largest absolute Gasteiger partial charge is 0.473 e. The highest BCUT2D eigenvalue weighted by molar-refractivity contribution is 6.27. The van der Waals surface area contributed by atoms with Gasteiger partial charge in [-0.3, -0.25) is 9.69 Å². The van der Waals surface area contributed by atoms with E-state index in [1.54, 1.807) is 0 Å². The Morgan fingerprint density at radius 2 is 1.25 bits per heavy atom. The summed E-state index contributed by atoms with van der Waals surface area (Å²) in [4.78, 5) is 38.6. The molecule has 2 fully saturated rings. The molecule has 2 aliphatic heterocycles. The second-order valence-corrected chi connectivity index (χ2v) is 9.02. The maximum Gasteiger partial charge on any atom is 0.414 e. The molecule has 3 aromatic rings. The number of fused-ring (bicyclic) bond motifs is 1. The van der Waals surface area contributed by atoms with Gasteiger partial charge in [-0.15, -0.1) is 0 Å². The minimum atomic E-state index is -1.82. The van der Waals surface area contributed by atoms with Crippen LogP contribution in [0.1, 0.15) is 23.2 Å². The number of piperazine rings is 1. The Hall–Kier alpha value is -3.91. The van der Waals surface area contributed by atoms with E-state index in [1.807, 2.05) is 24.3 Å². The zero-order valence-corrected chi connectivity index (χ0v) is 20.1. The van der Waals surface area contributed by atoms with E-state index in [2.05, 4.69) is 63.2 Å². The highest BCUT2D eigenvalue weighted by Crippen LogP contribution is 2.24. The fourth-order valence-electron chi connectivity index (χ4n) is 5.00. The number of hydrogen-bond acceptors (Lipinski definition) is 5. The Labute approximate surface area is 210 Å². The Bertz CT molecular complexity index is 1180. The molecule has 2 N–H and O–H groups in total. The zero-order valence-electron chi connectivity index (χ0n) is 20.1. The van der Waals surface area contributed by atoms with Gasteiger partial charge < -0.3 is 20.0 Å². The van der Waals surface area contributed by atoms with Gasteiger partial charge in [0.05, 0.1) is 0 Å². The van der Waals surface area contributed by atoms with Crippen LogP contribution in [0, 0.1) is 0 Å². The number of nitrogens with zero attached hydrogens (tertiary/aromatic N) is 3. The van der Waals surface area contributed by atoms with Crippen molar-refractivity contribution in [3.63, 3.8) is 0 Å². The number of carboxylic acid groups (broad SMARTS) is 2. The molecule has 0 bridgehead atoms. The molecule has 0 radical (unpaired) electrons. The fraction of sp³-hybridized carbons (Fsp3) is 0.321. The van der Waals surface area contributed by atoms with Crippen LogP contribution in [0.4, 0.5) is 5.69 Å². The number of aliphatic carboxylic acids is 2. The van der Waals surface area contributed by atoms with Crippen molar-refractivity contribution < 1.29 is 24.6 Å². The standard InChI is InChI=1S/C26H29N3O.C2H2O4/c30-26(25-12-6-8-21-7-4-5-11-24(21)25)29-15-13-23(14-16-29)28-19-17-27(18-20-28)22-9-2-1-3-10-22;3-1(4)2(5)6/h1-12,23H,13-20H2;(H,3,4)(H,5,6). The van der Waals surface area contributed by atoms with Crippen LogP contribution >= 0.6 is 0 Å². The molecule has 0 aromatic heterocycles. The Morgan fingerprint density at radius 3 is 1.89 bits per heavy atom. The third-order valence-corrected chi connectivity index (χ3v) is 6.91. The van der Waals surface area contributed by atoms with Gasteiger partial charge in [0.25, 0.3) is 5.91 Å². The van der Waals surface area contributed by atoms with Crippen LogP contribution in [0.25, 0.3) is 10.8 Å². The molecule has 0 aliphatic carbocycles. The number of benzene rings is 3. The summed E-state index contributed by atoms with van der Waals surface area (Å²) in [7, 11) is 0. The maximum absolute atomic E-state index is 13.2. The average molecular weight is 490 g/mol. The molecule has 188 valence electrons. The highest BCUT2D eigenvalue weighted by atomic mass is 16.4. The third kappa shape index (κ3) is 6.01. The second kappa shape index (κ2) is 11.7. The van der Waals surface area contributed by atoms with Crippen LogP contribution in [0.2, 0.25) is 0 Å². The number of anilines is 1. The summed E-state index contributed by atoms with van der Waals surface area (Å²) in [5, 5.41) is 17.0. The van der Waals surface area contributed by atoms with Crippen molar-refractivity contribution in [3.05, 3.63) is 78.4 Å². The number of carbonyl (C=O) groups is 3. The molecule has 0 spiro atoms. The summed E-state index contributed by atoms with van der Waals surface area (Å²) in [6.45, 7) is 6.09. The van der Waals surface area contributed by atoms with Crippen LogP contribution < -0.4 is 4.90 Å². The predicted molar refractivity (Wildman–Crippen MR) is 138 cm³/mol. The lowest BCUT2D eigenvalue weighted by Crippen LogP contribution is -2.53. The number of hydrogen-bond donors (Lipinski definition) is 2. The Kier molecular flexibility index (Phi) is 8.17. The maximum atomic E-state index is 13.2. The molecular weight excluding hydrogens is 458 g/mol. The molecule has 1 amide bonds. The van der Waals surface area contributed by atoms with E-state index in [-0.39, 0.29) is 5.91 Å². The van der Waals surface area contributed by atoms with E-state index in [0.717, 1.165) is 68.4 Å². The van der Waals surface area contributed by atoms with E-state index in [9.17, 15) is 4.79 Å². The van der Waals surface area contributed by atoms with Gasteiger partial charge in [0, 0.05) is 56.6 Å². The van der Waals surface area contributed by atoms with Crippen molar-refractivity contribution in [1.82, 2.24) is 9.80 Å². The Balaban J connectivity index is 0.000000455.